The fraction of sp³-hybridized carbons (Fsp3) is 0.905. The maximum atomic E-state index is 12.9. The summed E-state index contributed by atoms with van der Waals surface area (Å²) in [6.07, 6.45) is 10.6. The molecule has 148 valence electrons. The minimum absolute atomic E-state index is 0.0876. The molecule has 0 N–H and O–H groups in total. The summed E-state index contributed by atoms with van der Waals surface area (Å²) in [5.74, 6) is 0.764. The lowest BCUT2D eigenvalue weighted by molar-refractivity contribution is -0.139. The minimum Gasteiger partial charge on any atom is -0.449 e. The number of carbonyl (C=O) groups excluding carboxylic acids is 2. The smallest absolute Gasteiger partial charge is 0.409 e. The van der Waals surface area contributed by atoms with Gasteiger partial charge in [0.15, 0.2) is 0 Å². The number of hydrogen-bond acceptors (Lipinski definition) is 3. The minimum atomic E-state index is -0.221. The number of hydrogen-bond donors (Lipinski definition) is 0. The van der Waals surface area contributed by atoms with E-state index in [4.69, 9.17) is 4.74 Å². The first kappa shape index (κ1) is 19.5. The van der Waals surface area contributed by atoms with E-state index in [2.05, 4.69) is 4.90 Å². The largest absolute Gasteiger partial charge is 0.449 e. The first-order valence-electron chi connectivity index (χ1n) is 10.7. The summed E-state index contributed by atoms with van der Waals surface area (Å²) in [4.78, 5) is 28.8. The molecule has 0 unspecified atom stereocenters. The number of carbonyl (C=O) groups is 2. The number of likely N-dealkylation sites (tertiary alicyclic amines) is 2. The highest BCUT2D eigenvalue weighted by atomic mass is 16.6. The number of nitrogens with zero attached hydrogens (tertiary/aromatic N) is 2. The molecule has 5 nitrogen and oxygen atoms in total. The van der Waals surface area contributed by atoms with Crippen LogP contribution < -0.4 is 0 Å². The Morgan fingerprint density at radius 1 is 0.923 bits per heavy atom. The van der Waals surface area contributed by atoms with E-state index in [9.17, 15) is 9.59 Å². The molecule has 1 aliphatic carbocycles. The van der Waals surface area contributed by atoms with Crippen LogP contribution in [0, 0.1) is 17.3 Å². The highest BCUT2D eigenvalue weighted by Crippen LogP contribution is 2.44. The monoisotopic (exact) mass is 364 g/mol. The zero-order valence-electron chi connectivity index (χ0n) is 16.7. The van der Waals surface area contributed by atoms with Crippen molar-refractivity contribution in [1.29, 1.82) is 0 Å². The topological polar surface area (TPSA) is 49.9 Å². The first-order chi connectivity index (χ1) is 12.5. The highest BCUT2D eigenvalue weighted by molar-refractivity contribution is 5.79. The SMILES string of the molecule is CC(C)COC(=O)N1CCC(C(=O)N2CCC3(CCCCC3)CC2)CC1. The first-order valence-corrected chi connectivity index (χ1v) is 10.7. The van der Waals surface area contributed by atoms with Gasteiger partial charge in [0.05, 0.1) is 6.61 Å². The number of piperidine rings is 2. The standard InChI is InChI=1S/C21H36N2O3/c1-17(2)16-26-20(25)23-12-6-18(7-13-23)19(24)22-14-10-21(11-15-22)8-4-3-5-9-21/h17-18H,3-16H2,1-2H3. The van der Waals surface area contributed by atoms with Gasteiger partial charge in [0, 0.05) is 32.1 Å². The number of rotatable bonds is 3. The van der Waals surface area contributed by atoms with Crippen molar-refractivity contribution in [2.45, 2.75) is 71.6 Å². The van der Waals surface area contributed by atoms with Gasteiger partial charge < -0.3 is 14.5 Å². The Bertz CT molecular complexity index is 481. The molecule has 2 saturated heterocycles. The molecular formula is C21H36N2O3. The van der Waals surface area contributed by atoms with E-state index in [1.807, 2.05) is 13.8 Å². The molecular weight excluding hydrogens is 328 g/mol. The Balaban J connectivity index is 1.42. The van der Waals surface area contributed by atoms with Crippen molar-refractivity contribution in [3.63, 3.8) is 0 Å². The zero-order chi connectivity index (χ0) is 18.6. The van der Waals surface area contributed by atoms with Crippen molar-refractivity contribution in [2.24, 2.45) is 17.3 Å². The maximum absolute atomic E-state index is 12.9. The summed E-state index contributed by atoms with van der Waals surface area (Å²) in [7, 11) is 0. The van der Waals surface area contributed by atoms with Crippen LogP contribution in [0.1, 0.15) is 71.6 Å². The second-order valence-electron chi connectivity index (χ2n) is 9.12. The second-order valence-corrected chi connectivity index (χ2v) is 9.12. The van der Waals surface area contributed by atoms with E-state index in [0.29, 0.717) is 36.9 Å². The molecule has 2 heterocycles. The van der Waals surface area contributed by atoms with Gasteiger partial charge in [0.1, 0.15) is 0 Å². The molecule has 1 saturated carbocycles. The summed E-state index contributed by atoms with van der Waals surface area (Å²) >= 11 is 0. The van der Waals surface area contributed by atoms with Gasteiger partial charge in [-0.05, 0) is 49.9 Å². The van der Waals surface area contributed by atoms with Crippen LogP contribution in [0.4, 0.5) is 4.79 Å². The molecule has 0 atom stereocenters. The fourth-order valence-corrected chi connectivity index (χ4v) is 4.90. The van der Waals surface area contributed by atoms with E-state index >= 15 is 0 Å². The molecule has 0 aromatic rings. The Hall–Kier alpha value is -1.26. The molecule has 3 aliphatic rings. The van der Waals surface area contributed by atoms with Crippen molar-refractivity contribution in [3.05, 3.63) is 0 Å². The Kier molecular flexibility index (Phi) is 6.46. The number of amides is 2. The van der Waals surface area contributed by atoms with Crippen molar-refractivity contribution >= 4 is 12.0 Å². The van der Waals surface area contributed by atoms with Gasteiger partial charge in [0.2, 0.25) is 5.91 Å². The van der Waals surface area contributed by atoms with E-state index in [1.165, 1.54) is 44.9 Å². The van der Waals surface area contributed by atoms with Crippen LogP contribution in [-0.2, 0) is 9.53 Å². The van der Waals surface area contributed by atoms with E-state index < -0.39 is 0 Å². The van der Waals surface area contributed by atoms with Crippen LogP contribution in [0.2, 0.25) is 0 Å². The Morgan fingerprint density at radius 3 is 2.12 bits per heavy atom. The second kappa shape index (κ2) is 8.62. The van der Waals surface area contributed by atoms with Gasteiger partial charge in [-0.3, -0.25) is 4.79 Å². The molecule has 0 radical (unpaired) electrons. The molecule has 5 heteroatoms. The molecule has 2 amide bonds. The van der Waals surface area contributed by atoms with Crippen molar-refractivity contribution < 1.29 is 14.3 Å². The predicted molar refractivity (Wildman–Crippen MR) is 102 cm³/mol. The van der Waals surface area contributed by atoms with Gasteiger partial charge in [-0.2, -0.15) is 0 Å². The van der Waals surface area contributed by atoms with Gasteiger partial charge in [-0.1, -0.05) is 33.1 Å². The molecule has 0 aromatic heterocycles. The Labute approximate surface area is 158 Å². The third-order valence-corrected chi connectivity index (χ3v) is 6.69. The third kappa shape index (κ3) is 4.72. The normalized spacial score (nSPS) is 24.1. The van der Waals surface area contributed by atoms with E-state index in [0.717, 1.165) is 25.9 Å². The Morgan fingerprint density at radius 2 is 1.54 bits per heavy atom. The lowest BCUT2D eigenvalue weighted by Crippen LogP contribution is -2.48. The van der Waals surface area contributed by atoms with Crippen LogP contribution in [0.15, 0.2) is 0 Å². The lowest BCUT2D eigenvalue weighted by Gasteiger charge is -2.45. The average molecular weight is 365 g/mol. The molecule has 3 rings (SSSR count). The van der Waals surface area contributed by atoms with Crippen molar-refractivity contribution in [1.82, 2.24) is 9.80 Å². The summed E-state index contributed by atoms with van der Waals surface area (Å²) in [6.45, 7) is 7.71. The van der Waals surface area contributed by atoms with E-state index in [-0.39, 0.29) is 12.0 Å². The highest BCUT2D eigenvalue weighted by Gasteiger charge is 2.38. The van der Waals surface area contributed by atoms with Gasteiger partial charge >= 0.3 is 6.09 Å². The van der Waals surface area contributed by atoms with Crippen LogP contribution in [0.5, 0.6) is 0 Å². The maximum Gasteiger partial charge on any atom is 0.409 e. The summed E-state index contributed by atoms with van der Waals surface area (Å²) in [6, 6.07) is 0. The summed E-state index contributed by atoms with van der Waals surface area (Å²) in [5.41, 5.74) is 0.540. The van der Waals surface area contributed by atoms with Gasteiger partial charge in [-0.15, -0.1) is 0 Å². The summed E-state index contributed by atoms with van der Waals surface area (Å²) < 4.78 is 5.31. The molecule has 26 heavy (non-hydrogen) atoms. The summed E-state index contributed by atoms with van der Waals surface area (Å²) in [5, 5.41) is 0. The van der Waals surface area contributed by atoms with Crippen molar-refractivity contribution in [3.8, 4) is 0 Å². The van der Waals surface area contributed by atoms with Crippen LogP contribution in [-0.4, -0.2) is 54.6 Å². The molecule has 3 fully saturated rings. The van der Waals surface area contributed by atoms with E-state index in [1.54, 1.807) is 4.90 Å². The molecule has 0 bridgehead atoms. The van der Waals surface area contributed by atoms with Gasteiger partial charge in [0.25, 0.3) is 0 Å². The molecule has 0 aromatic carbocycles. The predicted octanol–water partition coefficient (Wildman–Crippen LogP) is 4.06. The molecule has 2 aliphatic heterocycles. The van der Waals surface area contributed by atoms with Crippen molar-refractivity contribution in [2.75, 3.05) is 32.8 Å². The fourth-order valence-electron chi connectivity index (χ4n) is 4.90. The quantitative estimate of drug-likeness (QED) is 0.759. The zero-order valence-corrected chi connectivity index (χ0v) is 16.7. The van der Waals surface area contributed by atoms with Crippen LogP contribution in [0.3, 0.4) is 0 Å². The van der Waals surface area contributed by atoms with Crippen LogP contribution in [0.25, 0.3) is 0 Å². The van der Waals surface area contributed by atoms with Crippen LogP contribution >= 0.6 is 0 Å². The average Bonchev–Trinajstić information content (AvgIpc) is 2.67. The lowest BCUT2D eigenvalue weighted by atomic mass is 9.68. The third-order valence-electron chi connectivity index (χ3n) is 6.69. The van der Waals surface area contributed by atoms with Gasteiger partial charge in [-0.25, -0.2) is 4.79 Å². The molecule has 1 spiro atoms. The number of ether oxygens (including phenoxy) is 1.